The standard InChI is InChI=1S/C22H36O3S/c1-2-3-4-5-6-7-8-9-10-11-12-13-14-15-16-17-19(23)21-20(24)18-26-22(21)25/h12-13,23H,2-11,14-18H2,1H3. The molecular formula is C22H36O3S. The summed E-state index contributed by atoms with van der Waals surface area (Å²) in [6.07, 6.45) is 21.1. The van der Waals surface area contributed by atoms with Crippen LogP contribution < -0.4 is 0 Å². The minimum absolute atomic E-state index is 0.0105. The molecule has 1 rings (SSSR count). The number of aliphatic hydroxyl groups excluding tert-OH is 1. The molecule has 3 nitrogen and oxygen atoms in total. The molecule has 148 valence electrons. The van der Waals surface area contributed by atoms with Crippen molar-refractivity contribution >= 4 is 22.7 Å². The van der Waals surface area contributed by atoms with Gasteiger partial charge in [0.25, 0.3) is 0 Å². The van der Waals surface area contributed by atoms with Gasteiger partial charge in [0.1, 0.15) is 11.3 Å². The highest BCUT2D eigenvalue weighted by Gasteiger charge is 2.30. The molecule has 0 radical (unpaired) electrons. The lowest BCUT2D eigenvalue weighted by Gasteiger charge is -2.02. The molecule has 0 aliphatic carbocycles. The molecule has 0 unspecified atom stereocenters. The summed E-state index contributed by atoms with van der Waals surface area (Å²) in [5.74, 6) is -0.0539. The van der Waals surface area contributed by atoms with E-state index in [1.54, 1.807) is 0 Å². The van der Waals surface area contributed by atoms with Crippen molar-refractivity contribution in [3.05, 3.63) is 23.5 Å². The van der Waals surface area contributed by atoms with Crippen LogP contribution in [-0.4, -0.2) is 21.8 Å². The molecule has 1 aliphatic rings. The number of hydrogen-bond donors (Lipinski definition) is 1. The predicted octanol–water partition coefficient (Wildman–Crippen LogP) is 6.68. The Kier molecular flexibility index (Phi) is 13.3. The average molecular weight is 381 g/mol. The lowest BCUT2D eigenvalue weighted by Crippen LogP contribution is -2.05. The van der Waals surface area contributed by atoms with Gasteiger partial charge in [0.05, 0.1) is 5.75 Å². The first-order chi connectivity index (χ1) is 12.7. The number of carbonyl (C=O) groups excluding carboxylic acids is 2. The zero-order valence-corrected chi connectivity index (χ0v) is 17.2. The molecule has 0 saturated carbocycles. The first-order valence-electron chi connectivity index (χ1n) is 10.4. The molecule has 1 fully saturated rings. The Morgan fingerprint density at radius 2 is 1.42 bits per heavy atom. The smallest absolute Gasteiger partial charge is 0.226 e. The summed E-state index contributed by atoms with van der Waals surface area (Å²) in [5, 5.41) is 9.63. The lowest BCUT2D eigenvalue weighted by atomic mass is 10.1. The quantitative estimate of drug-likeness (QED) is 0.113. The number of thioether (sulfide) groups is 1. The van der Waals surface area contributed by atoms with E-state index in [2.05, 4.69) is 19.1 Å². The van der Waals surface area contributed by atoms with Crippen LogP contribution in [0.4, 0.5) is 0 Å². The van der Waals surface area contributed by atoms with Gasteiger partial charge < -0.3 is 5.11 Å². The fourth-order valence-corrected chi connectivity index (χ4v) is 3.94. The Labute approximate surface area is 163 Å². The summed E-state index contributed by atoms with van der Waals surface area (Å²) in [4.78, 5) is 23.0. The molecular weight excluding hydrogens is 344 g/mol. The van der Waals surface area contributed by atoms with Gasteiger partial charge >= 0.3 is 0 Å². The second kappa shape index (κ2) is 15.1. The molecule has 1 aliphatic heterocycles. The maximum absolute atomic E-state index is 11.5. The summed E-state index contributed by atoms with van der Waals surface area (Å²) in [6.45, 7) is 2.26. The van der Waals surface area contributed by atoms with Crippen molar-refractivity contribution in [2.24, 2.45) is 0 Å². The summed E-state index contributed by atoms with van der Waals surface area (Å²) >= 11 is 0.988. The SMILES string of the molecule is CCCCCCCCCCCC=CCCCCC(O)=C1C(=O)CSC1=O. The largest absolute Gasteiger partial charge is 0.511 e. The van der Waals surface area contributed by atoms with Crippen molar-refractivity contribution in [1.82, 2.24) is 0 Å². The minimum atomic E-state index is -0.270. The molecule has 0 aromatic carbocycles. The molecule has 0 bridgehead atoms. The highest BCUT2D eigenvalue weighted by atomic mass is 32.2. The molecule has 0 aromatic rings. The lowest BCUT2D eigenvalue weighted by molar-refractivity contribution is -0.115. The minimum Gasteiger partial charge on any atom is -0.511 e. The van der Waals surface area contributed by atoms with Gasteiger partial charge in [-0.05, 0) is 32.1 Å². The average Bonchev–Trinajstić information content (AvgIpc) is 2.96. The Bertz CT molecular complexity index is 462. The Morgan fingerprint density at radius 3 is 1.96 bits per heavy atom. The second-order valence-electron chi connectivity index (χ2n) is 7.16. The van der Waals surface area contributed by atoms with Crippen LogP contribution in [0.5, 0.6) is 0 Å². The number of carbonyl (C=O) groups is 2. The molecule has 0 aromatic heterocycles. The number of rotatable bonds is 15. The molecule has 1 N–H and O–H groups in total. The Hall–Kier alpha value is -1.03. The van der Waals surface area contributed by atoms with Crippen molar-refractivity contribution < 1.29 is 14.7 Å². The third-order valence-electron chi connectivity index (χ3n) is 4.78. The molecule has 1 heterocycles. The van der Waals surface area contributed by atoms with Gasteiger partial charge in [-0.25, -0.2) is 0 Å². The van der Waals surface area contributed by atoms with E-state index in [-0.39, 0.29) is 28.0 Å². The second-order valence-corrected chi connectivity index (χ2v) is 8.10. The molecule has 26 heavy (non-hydrogen) atoms. The van der Waals surface area contributed by atoms with Crippen LogP contribution in [0.25, 0.3) is 0 Å². The number of aliphatic hydroxyl groups is 1. The van der Waals surface area contributed by atoms with Crippen molar-refractivity contribution in [2.75, 3.05) is 5.75 Å². The van der Waals surface area contributed by atoms with Gasteiger partial charge in [0.2, 0.25) is 5.12 Å². The molecule has 4 heteroatoms. The van der Waals surface area contributed by atoms with Gasteiger partial charge in [-0.3, -0.25) is 9.59 Å². The number of Topliss-reactive ketones (excluding diaryl/α,β-unsaturated/α-hetero) is 1. The van der Waals surface area contributed by atoms with E-state index >= 15 is 0 Å². The number of ketones is 1. The van der Waals surface area contributed by atoms with Crippen molar-refractivity contribution in [3.63, 3.8) is 0 Å². The van der Waals surface area contributed by atoms with Gasteiger partial charge in [0, 0.05) is 6.42 Å². The van der Waals surface area contributed by atoms with Crippen molar-refractivity contribution in [2.45, 2.75) is 96.8 Å². The van der Waals surface area contributed by atoms with Gasteiger partial charge in [-0.15, -0.1) is 0 Å². The van der Waals surface area contributed by atoms with Gasteiger partial charge in [-0.2, -0.15) is 0 Å². The topological polar surface area (TPSA) is 54.4 Å². The molecule has 0 amide bonds. The third kappa shape index (κ3) is 10.2. The van der Waals surface area contributed by atoms with Gasteiger partial charge in [0.15, 0.2) is 5.78 Å². The molecule has 0 atom stereocenters. The first-order valence-corrected chi connectivity index (χ1v) is 11.4. The van der Waals surface area contributed by atoms with Crippen LogP contribution in [0.1, 0.15) is 96.8 Å². The van der Waals surface area contributed by atoms with E-state index < -0.39 is 0 Å². The van der Waals surface area contributed by atoms with Crippen LogP contribution in [0.3, 0.4) is 0 Å². The Balaban J connectivity index is 1.93. The van der Waals surface area contributed by atoms with Crippen molar-refractivity contribution in [3.8, 4) is 0 Å². The summed E-state index contributed by atoms with van der Waals surface area (Å²) in [7, 11) is 0. The number of allylic oxidation sites excluding steroid dienone is 3. The zero-order chi connectivity index (χ0) is 19.0. The summed E-state index contributed by atoms with van der Waals surface area (Å²) in [6, 6.07) is 0. The molecule has 1 saturated heterocycles. The maximum atomic E-state index is 11.5. The fourth-order valence-electron chi connectivity index (χ4n) is 3.16. The van der Waals surface area contributed by atoms with E-state index in [1.165, 1.54) is 57.8 Å². The third-order valence-corrected chi connectivity index (χ3v) is 5.65. The van der Waals surface area contributed by atoms with Gasteiger partial charge in [-0.1, -0.05) is 82.2 Å². The highest BCUT2D eigenvalue weighted by Crippen LogP contribution is 2.25. The normalized spacial score (nSPS) is 16.8. The van der Waals surface area contributed by atoms with E-state index in [0.717, 1.165) is 37.4 Å². The number of hydrogen-bond acceptors (Lipinski definition) is 4. The van der Waals surface area contributed by atoms with Crippen LogP contribution in [0.15, 0.2) is 23.5 Å². The van der Waals surface area contributed by atoms with Crippen LogP contribution in [0.2, 0.25) is 0 Å². The molecule has 0 spiro atoms. The van der Waals surface area contributed by atoms with Crippen molar-refractivity contribution in [1.29, 1.82) is 0 Å². The van der Waals surface area contributed by atoms with Crippen LogP contribution in [0, 0.1) is 0 Å². The maximum Gasteiger partial charge on any atom is 0.226 e. The monoisotopic (exact) mass is 380 g/mol. The fraction of sp³-hybridized carbons (Fsp3) is 0.727. The van der Waals surface area contributed by atoms with E-state index in [0.29, 0.717) is 6.42 Å². The summed E-state index contributed by atoms with van der Waals surface area (Å²) in [5.41, 5.74) is 0.0379. The zero-order valence-electron chi connectivity index (χ0n) is 16.4. The van der Waals surface area contributed by atoms with Crippen LogP contribution >= 0.6 is 11.8 Å². The predicted molar refractivity (Wildman–Crippen MR) is 112 cm³/mol. The Morgan fingerprint density at radius 1 is 0.885 bits per heavy atom. The van der Waals surface area contributed by atoms with E-state index in [4.69, 9.17) is 0 Å². The van der Waals surface area contributed by atoms with E-state index in [1.807, 2.05) is 0 Å². The summed E-state index contributed by atoms with van der Waals surface area (Å²) < 4.78 is 0. The first kappa shape index (κ1) is 23.0. The number of unbranched alkanes of at least 4 members (excludes halogenated alkanes) is 11. The van der Waals surface area contributed by atoms with E-state index in [9.17, 15) is 14.7 Å². The van der Waals surface area contributed by atoms with Crippen LogP contribution in [-0.2, 0) is 9.59 Å². The highest BCUT2D eigenvalue weighted by molar-refractivity contribution is 8.15.